The molecule has 2 amide bonds. The van der Waals surface area contributed by atoms with E-state index in [9.17, 15) is 9.59 Å². The van der Waals surface area contributed by atoms with Crippen LogP contribution in [-0.4, -0.2) is 23.7 Å². The van der Waals surface area contributed by atoms with E-state index in [1.54, 1.807) is 6.92 Å². The Bertz CT molecular complexity index is 486. The van der Waals surface area contributed by atoms with Crippen molar-refractivity contribution in [3.05, 3.63) is 29.8 Å². The quantitative estimate of drug-likeness (QED) is 0.674. The zero-order valence-electron chi connectivity index (χ0n) is 12.8. The highest BCUT2D eigenvalue weighted by atomic mass is 16.4. The highest BCUT2D eigenvalue weighted by Crippen LogP contribution is 2.23. The first-order valence-electron chi connectivity index (χ1n) is 7.28. The van der Waals surface area contributed by atoms with Crippen molar-refractivity contribution in [2.75, 3.05) is 11.9 Å². The molecule has 0 saturated heterocycles. The van der Waals surface area contributed by atoms with Crippen LogP contribution in [0.25, 0.3) is 0 Å². The minimum atomic E-state index is -0.801. The van der Waals surface area contributed by atoms with Gasteiger partial charge in [0.2, 0.25) is 0 Å². The third kappa shape index (κ3) is 5.85. The smallest absolute Gasteiger partial charge is 0.319 e. The molecule has 0 heterocycles. The van der Waals surface area contributed by atoms with Crippen LogP contribution in [-0.2, 0) is 4.79 Å². The molecule has 0 bridgehead atoms. The largest absolute Gasteiger partial charge is 0.481 e. The van der Waals surface area contributed by atoms with Gasteiger partial charge < -0.3 is 15.7 Å². The van der Waals surface area contributed by atoms with Crippen molar-refractivity contribution in [2.24, 2.45) is 5.92 Å². The van der Waals surface area contributed by atoms with Gasteiger partial charge >= 0.3 is 12.0 Å². The molecule has 0 aliphatic carbocycles. The second-order valence-corrected chi connectivity index (χ2v) is 5.50. The number of carboxylic acid groups (broad SMARTS) is 1. The van der Waals surface area contributed by atoms with Crippen LogP contribution in [0.2, 0.25) is 0 Å². The summed E-state index contributed by atoms with van der Waals surface area (Å²) in [6.45, 7) is 6.28. The number of amides is 2. The van der Waals surface area contributed by atoms with E-state index in [1.165, 1.54) is 0 Å². The van der Waals surface area contributed by atoms with Crippen molar-refractivity contribution >= 4 is 17.7 Å². The van der Waals surface area contributed by atoms with Gasteiger partial charge in [0.25, 0.3) is 0 Å². The highest BCUT2D eigenvalue weighted by Gasteiger charge is 2.11. The Morgan fingerprint density at radius 3 is 2.48 bits per heavy atom. The summed E-state index contributed by atoms with van der Waals surface area (Å²) in [5.74, 6) is -0.847. The lowest BCUT2D eigenvalue weighted by Crippen LogP contribution is -2.30. The summed E-state index contributed by atoms with van der Waals surface area (Å²) in [6, 6.07) is 7.45. The average Bonchev–Trinajstić information content (AvgIpc) is 2.43. The molecule has 0 aliphatic rings. The van der Waals surface area contributed by atoms with Crippen LogP contribution in [0.4, 0.5) is 10.5 Å². The van der Waals surface area contributed by atoms with E-state index in [4.69, 9.17) is 5.11 Å². The van der Waals surface area contributed by atoms with Crippen LogP contribution in [0.3, 0.4) is 0 Å². The number of urea groups is 1. The molecule has 0 aliphatic heterocycles. The van der Waals surface area contributed by atoms with Gasteiger partial charge in [-0.15, -0.1) is 0 Å². The Hall–Kier alpha value is -2.04. The Kier molecular flexibility index (Phi) is 6.72. The molecule has 5 nitrogen and oxygen atoms in total. The van der Waals surface area contributed by atoms with Crippen LogP contribution < -0.4 is 10.6 Å². The Morgan fingerprint density at radius 2 is 1.86 bits per heavy atom. The van der Waals surface area contributed by atoms with Crippen LogP contribution in [0.1, 0.15) is 45.1 Å². The predicted octanol–water partition coefficient (Wildman–Crippen LogP) is 3.43. The number of carbonyl (C=O) groups is 2. The Balaban J connectivity index is 2.39. The van der Waals surface area contributed by atoms with E-state index in [2.05, 4.69) is 24.5 Å². The molecule has 1 aromatic carbocycles. The molecular formula is C16H24N2O3. The summed E-state index contributed by atoms with van der Waals surface area (Å²) in [5.41, 5.74) is 1.90. The number of benzene rings is 1. The molecule has 5 heteroatoms. The molecule has 1 unspecified atom stereocenters. The number of nitrogens with one attached hydrogen (secondary N) is 2. The second kappa shape index (κ2) is 8.29. The van der Waals surface area contributed by atoms with Crippen molar-refractivity contribution in [3.8, 4) is 0 Å². The summed E-state index contributed by atoms with van der Waals surface area (Å²) < 4.78 is 0. The lowest BCUT2D eigenvalue weighted by Gasteiger charge is -2.14. The highest BCUT2D eigenvalue weighted by molar-refractivity contribution is 5.90. The van der Waals surface area contributed by atoms with Gasteiger partial charge in [0.1, 0.15) is 0 Å². The monoisotopic (exact) mass is 292 g/mol. The molecule has 0 radical (unpaired) electrons. The third-order valence-corrected chi connectivity index (χ3v) is 3.35. The number of rotatable bonds is 7. The maximum Gasteiger partial charge on any atom is 0.319 e. The Morgan fingerprint density at radius 1 is 1.19 bits per heavy atom. The van der Waals surface area contributed by atoms with E-state index < -0.39 is 5.97 Å². The van der Waals surface area contributed by atoms with Crippen LogP contribution in [0.5, 0.6) is 0 Å². The van der Waals surface area contributed by atoms with E-state index >= 15 is 0 Å². The molecule has 0 spiro atoms. The van der Waals surface area contributed by atoms with Crippen LogP contribution in [0, 0.1) is 5.92 Å². The molecule has 3 N–H and O–H groups in total. The first-order chi connectivity index (χ1) is 9.91. The fraction of sp³-hybridized carbons (Fsp3) is 0.500. The molecular weight excluding hydrogens is 268 g/mol. The number of hydrogen-bond acceptors (Lipinski definition) is 2. The lowest BCUT2D eigenvalue weighted by atomic mass is 10.0. The summed E-state index contributed by atoms with van der Waals surface area (Å²) in [6.07, 6.45) is 1.20. The topological polar surface area (TPSA) is 78.4 Å². The standard InChI is InChI=1S/C16H24N2O3/c1-11(2)13-8-4-5-9-14(13)18-16(21)17-10-6-7-12(3)15(19)20/h4-5,8-9,11-12H,6-7,10H2,1-3H3,(H,19,20)(H2,17,18,21). The first-order valence-corrected chi connectivity index (χ1v) is 7.28. The van der Waals surface area contributed by atoms with Crippen molar-refractivity contribution in [2.45, 2.75) is 39.5 Å². The maximum atomic E-state index is 11.8. The zero-order valence-corrected chi connectivity index (χ0v) is 12.8. The van der Waals surface area contributed by atoms with Gasteiger partial charge in [-0.3, -0.25) is 4.79 Å². The lowest BCUT2D eigenvalue weighted by molar-refractivity contribution is -0.141. The molecule has 21 heavy (non-hydrogen) atoms. The third-order valence-electron chi connectivity index (χ3n) is 3.35. The number of aliphatic carboxylic acids is 1. The van der Waals surface area contributed by atoms with Crippen LogP contribution in [0.15, 0.2) is 24.3 Å². The molecule has 1 aromatic rings. The summed E-state index contributed by atoms with van der Waals surface area (Å²) in [5, 5.41) is 14.4. The minimum Gasteiger partial charge on any atom is -0.481 e. The first kappa shape index (κ1) is 17.0. The molecule has 116 valence electrons. The number of anilines is 1. The van der Waals surface area contributed by atoms with Gasteiger partial charge in [0, 0.05) is 12.2 Å². The minimum absolute atomic E-state index is 0.258. The van der Waals surface area contributed by atoms with Gasteiger partial charge in [-0.05, 0) is 30.4 Å². The number of para-hydroxylation sites is 1. The summed E-state index contributed by atoms with van der Waals surface area (Å²) in [7, 11) is 0. The molecule has 0 saturated carbocycles. The van der Waals surface area contributed by atoms with Gasteiger partial charge in [-0.25, -0.2) is 4.79 Å². The van der Waals surface area contributed by atoms with Gasteiger partial charge in [0.05, 0.1) is 5.92 Å². The zero-order chi connectivity index (χ0) is 15.8. The molecule has 1 rings (SSSR count). The van der Waals surface area contributed by atoms with Gasteiger partial charge in [-0.2, -0.15) is 0 Å². The van der Waals surface area contributed by atoms with E-state index in [0.29, 0.717) is 25.3 Å². The van der Waals surface area contributed by atoms with Crippen molar-refractivity contribution in [1.82, 2.24) is 5.32 Å². The molecule has 1 atom stereocenters. The number of hydrogen-bond donors (Lipinski definition) is 3. The average molecular weight is 292 g/mol. The normalized spacial score (nSPS) is 12.0. The maximum absolute atomic E-state index is 11.8. The SMILES string of the molecule is CC(CCCNC(=O)Nc1ccccc1C(C)C)C(=O)O. The number of carboxylic acids is 1. The van der Waals surface area contributed by atoms with E-state index in [1.807, 2.05) is 24.3 Å². The fourth-order valence-electron chi connectivity index (χ4n) is 2.01. The van der Waals surface area contributed by atoms with Gasteiger partial charge in [0.15, 0.2) is 0 Å². The molecule has 0 fully saturated rings. The van der Waals surface area contributed by atoms with Crippen molar-refractivity contribution in [3.63, 3.8) is 0 Å². The molecule has 0 aromatic heterocycles. The number of carbonyl (C=O) groups excluding carboxylic acids is 1. The second-order valence-electron chi connectivity index (χ2n) is 5.50. The summed E-state index contributed by atoms with van der Waals surface area (Å²) in [4.78, 5) is 22.5. The van der Waals surface area contributed by atoms with E-state index in [-0.39, 0.29) is 11.9 Å². The summed E-state index contributed by atoms with van der Waals surface area (Å²) >= 11 is 0. The Labute approximate surface area is 125 Å². The van der Waals surface area contributed by atoms with Crippen molar-refractivity contribution < 1.29 is 14.7 Å². The van der Waals surface area contributed by atoms with Gasteiger partial charge in [-0.1, -0.05) is 39.0 Å². The van der Waals surface area contributed by atoms with Crippen LogP contribution >= 0.6 is 0 Å². The predicted molar refractivity (Wildman–Crippen MR) is 83.6 cm³/mol. The van der Waals surface area contributed by atoms with Crippen molar-refractivity contribution in [1.29, 1.82) is 0 Å². The van der Waals surface area contributed by atoms with E-state index in [0.717, 1.165) is 11.3 Å². The fourth-order valence-corrected chi connectivity index (χ4v) is 2.01.